The molecule has 0 fully saturated rings. The lowest BCUT2D eigenvalue weighted by atomic mass is 10.1. The zero-order valence-electron chi connectivity index (χ0n) is 6.90. The van der Waals surface area contributed by atoms with Crippen LogP contribution in [0.4, 0.5) is 5.69 Å². The maximum absolute atomic E-state index is 10.1. The number of rotatable bonds is 3. The molecule has 0 atom stereocenters. The van der Waals surface area contributed by atoms with Gasteiger partial charge in [0, 0.05) is 11.4 Å². The zero-order chi connectivity index (χ0) is 9.68. The fraction of sp³-hybridized carbons (Fsp3) is 0. The van der Waals surface area contributed by atoms with Gasteiger partial charge >= 0.3 is 0 Å². The van der Waals surface area contributed by atoms with Crippen molar-refractivity contribution in [1.29, 1.82) is 0 Å². The number of hydrogen-bond donors (Lipinski definition) is 3. The molecule has 0 radical (unpaired) electrons. The number of amides is 1. The maximum Gasteiger partial charge on any atom is 0.211 e. The molecule has 3 N–H and O–H groups in total. The third kappa shape index (κ3) is 2.52. The lowest BCUT2D eigenvalue weighted by molar-refractivity contribution is -0.105. The predicted molar refractivity (Wildman–Crippen MR) is 57.3 cm³/mol. The van der Waals surface area contributed by atoms with E-state index in [9.17, 15) is 4.79 Å². The molecule has 1 rings (SSSR count). The van der Waals surface area contributed by atoms with Crippen molar-refractivity contribution in [3.8, 4) is 0 Å². The van der Waals surface area contributed by atoms with Crippen molar-refractivity contribution < 1.29 is 4.79 Å². The van der Waals surface area contributed by atoms with Gasteiger partial charge in [0.05, 0.1) is 0 Å². The van der Waals surface area contributed by atoms with E-state index in [2.05, 4.69) is 17.9 Å². The maximum atomic E-state index is 10.1. The molecule has 0 saturated carbocycles. The lowest BCUT2D eigenvalue weighted by Gasteiger charge is -2.02. The second-order valence-electron chi connectivity index (χ2n) is 2.42. The predicted octanol–water partition coefficient (Wildman–Crippen LogP) is 1.44. The Balaban J connectivity index is 2.87. The molecule has 1 aromatic rings. The minimum Gasteiger partial charge on any atom is -0.398 e. The fourth-order valence-corrected chi connectivity index (χ4v) is 1.05. The molecule has 1 aromatic carbocycles. The molecule has 0 saturated heterocycles. The van der Waals surface area contributed by atoms with Gasteiger partial charge in [0.2, 0.25) is 6.41 Å². The highest BCUT2D eigenvalue weighted by molar-refractivity contribution is 7.83. The molecule has 0 aliphatic heterocycles. The van der Waals surface area contributed by atoms with Crippen LogP contribution >= 0.6 is 12.6 Å². The number of carbonyl (C=O) groups is 1. The molecule has 0 spiro atoms. The van der Waals surface area contributed by atoms with E-state index in [0.717, 1.165) is 11.3 Å². The van der Waals surface area contributed by atoms with Gasteiger partial charge in [-0.15, -0.1) is 12.6 Å². The molecule has 1 amide bonds. The number of carbonyl (C=O) groups excluding carboxylic acids is 1. The van der Waals surface area contributed by atoms with Gasteiger partial charge in [-0.3, -0.25) is 4.79 Å². The summed E-state index contributed by atoms with van der Waals surface area (Å²) in [7, 11) is 0. The number of benzene rings is 1. The van der Waals surface area contributed by atoms with Crippen LogP contribution in [0.1, 0.15) is 5.56 Å². The molecule has 3 nitrogen and oxygen atoms in total. The summed E-state index contributed by atoms with van der Waals surface area (Å²) in [6.07, 6.45) is 0.632. The second-order valence-corrected chi connectivity index (χ2v) is 2.68. The van der Waals surface area contributed by atoms with E-state index >= 15 is 0 Å². The summed E-state index contributed by atoms with van der Waals surface area (Å²) in [6, 6.07) is 7.17. The van der Waals surface area contributed by atoms with Gasteiger partial charge in [0.25, 0.3) is 0 Å². The fourth-order valence-electron chi connectivity index (χ4n) is 0.901. The average Bonchev–Trinajstić information content (AvgIpc) is 2.18. The molecule has 0 aliphatic rings. The summed E-state index contributed by atoms with van der Waals surface area (Å²) in [6.45, 7) is 0. The SMILES string of the molecule is N/C(=C\S)c1ccc(NC=O)cc1. The number of nitrogens with one attached hydrogen (secondary N) is 1. The van der Waals surface area contributed by atoms with Crippen molar-refractivity contribution in [2.45, 2.75) is 0 Å². The third-order valence-corrected chi connectivity index (χ3v) is 1.86. The Labute approximate surface area is 82.0 Å². The van der Waals surface area contributed by atoms with E-state index in [1.165, 1.54) is 5.41 Å². The first-order chi connectivity index (χ1) is 6.27. The Morgan fingerprint density at radius 2 is 2.00 bits per heavy atom. The van der Waals surface area contributed by atoms with E-state index in [1.54, 1.807) is 12.1 Å². The van der Waals surface area contributed by atoms with Crippen molar-refractivity contribution in [3.63, 3.8) is 0 Å². The standard InChI is InChI=1S/C9H10N2OS/c10-9(5-13)7-1-3-8(4-2-7)11-6-12/h1-6,13H,10H2,(H,11,12)/b9-5-. The number of nitrogens with two attached hydrogens (primary N) is 1. The van der Waals surface area contributed by atoms with Crippen LogP contribution < -0.4 is 11.1 Å². The Kier molecular flexibility index (Phi) is 3.40. The van der Waals surface area contributed by atoms with Crippen molar-refractivity contribution in [2.75, 3.05) is 5.32 Å². The van der Waals surface area contributed by atoms with Crippen LogP contribution in [0, 0.1) is 0 Å². The summed E-state index contributed by atoms with van der Waals surface area (Å²) in [4.78, 5) is 10.1. The Bertz CT molecular complexity index is 319. The monoisotopic (exact) mass is 194 g/mol. The van der Waals surface area contributed by atoms with Crippen LogP contribution in [0.5, 0.6) is 0 Å². The Morgan fingerprint density at radius 1 is 1.38 bits per heavy atom. The molecule has 0 aromatic heterocycles. The number of anilines is 1. The van der Waals surface area contributed by atoms with Crippen LogP contribution in [0.2, 0.25) is 0 Å². The molecule has 13 heavy (non-hydrogen) atoms. The van der Waals surface area contributed by atoms with Gasteiger partial charge in [-0.2, -0.15) is 0 Å². The van der Waals surface area contributed by atoms with E-state index in [-0.39, 0.29) is 0 Å². The van der Waals surface area contributed by atoms with E-state index < -0.39 is 0 Å². The minimum atomic E-state index is 0.598. The summed E-state index contributed by atoms with van der Waals surface area (Å²) >= 11 is 3.94. The molecule has 4 heteroatoms. The van der Waals surface area contributed by atoms with Crippen molar-refractivity contribution in [1.82, 2.24) is 0 Å². The largest absolute Gasteiger partial charge is 0.398 e. The highest BCUT2D eigenvalue weighted by Crippen LogP contribution is 2.13. The second kappa shape index (κ2) is 4.57. The molecule has 0 aliphatic carbocycles. The summed E-state index contributed by atoms with van der Waals surface area (Å²) in [5.41, 5.74) is 7.83. The summed E-state index contributed by atoms with van der Waals surface area (Å²) < 4.78 is 0. The highest BCUT2D eigenvalue weighted by Gasteiger charge is 1.95. The third-order valence-electron chi connectivity index (χ3n) is 1.58. The lowest BCUT2D eigenvalue weighted by Crippen LogP contribution is -1.96. The Morgan fingerprint density at radius 3 is 2.46 bits per heavy atom. The normalized spacial score (nSPS) is 11.0. The van der Waals surface area contributed by atoms with Gasteiger partial charge in [0.1, 0.15) is 0 Å². The molecular weight excluding hydrogens is 184 g/mol. The zero-order valence-corrected chi connectivity index (χ0v) is 7.79. The van der Waals surface area contributed by atoms with E-state index in [0.29, 0.717) is 12.1 Å². The minimum absolute atomic E-state index is 0.598. The van der Waals surface area contributed by atoms with Crippen LogP contribution in [0.25, 0.3) is 5.70 Å². The van der Waals surface area contributed by atoms with Crippen LogP contribution in [0.3, 0.4) is 0 Å². The Hall–Kier alpha value is -1.42. The quantitative estimate of drug-likeness (QED) is 0.504. The molecule has 0 unspecified atom stereocenters. The van der Waals surface area contributed by atoms with Crippen LogP contribution in [-0.4, -0.2) is 6.41 Å². The molecule has 0 heterocycles. The first-order valence-electron chi connectivity index (χ1n) is 3.68. The highest BCUT2D eigenvalue weighted by atomic mass is 32.1. The van der Waals surface area contributed by atoms with Gasteiger partial charge < -0.3 is 11.1 Å². The number of hydrogen-bond acceptors (Lipinski definition) is 3. The number of thiol groups is 1. The van der Waals surface area contributed by atoms with E-state index in [4.69, 9.17) is 5.73 Å². The molecule has 0 bridgehead atoms. The van der Waals surface area contributed by atoms with Crippen molar-refractivity contribution >= 4 is 30.4 Å². The van der Waals surface area contributed by atoms with Crippen LogP contribution in [0.15, 0.2) is 29.7 Å². The van der Waals surface area contributed by atoms with Gasteiger partial charge in [-0.1, -0.05) is 12.1 Å². The van der Waals surface area contributed by atoms with Crippen molar-refractivity contribution in [3.05, 3.63) is 35.2 Å². The van der Waals surface area contributed by atoms with Gasteiger partial charge in [0.15, 0.2) is 0 Å². The average molecular weight is 194 g/mol. The molecule has 68 valence electrons. The van der Waals surface area contributed by atoms with Crippen LogP contribution in [-0.2, 0) is 4.79 Å². The summed E-state index contributed by atoms with van der Waals surface area (Å²) in [5.74, 6) is 0. The topological polar surface area (TPSA) is 55.1 Å². The summed E-state index contributed by atoms with van der Waals surface area (Å²) in [5, 5.41) is 4.06. The first kappa shape index (κ1) is 9.67. The first-order valence-corrected chi connectivity index (χ1v) is 4.20. The van der Waals surface area contributed by atoms with Gasteiger partial charge in [-0.25, -0.2) is 0 Å². The smallest absolute Gasteiger partial charge is 0.211 e. The van der Waals surface area contributed by atoms with E-state index in [1.807, 2.05) is 12.1 Å². The molecular formula is C9H10N2OS. The van der Waals surface area contributed by atoms with Crippen molar-refractivity contribution in [2.24, 2.45) is 5.73 Å². The van der Waals surface area contributed by atoms with Gasteiger partial charge in [-0.05, 0) is 23.1 Å².